The van der Waals surface area contributed by atoms with Crippen molar-refractivity contribution >= 4 is 0 Å². The number of aliphatic hydroxyl groups is 1. The normalized spacial score (nSPS) is 12.2. The molecule has 0 fully saturated rings. The lowest BCUT2D eigenvalue weighted by atomic mass is 10.0. The SMILES string of the molecule is CCCCCCCCCCCCCCCCN(CCCCCCCCCCCCCCCC)C(C)(C)O. The molecule has 0 aromatic carbocycles. The molecule has 0 aliphatic carbocycles. The van der Waals surface area contributed by atoms with Crippen LogP contribution in [0.3, 0.4) is 0 Å². The van der Waals surface area contributed by atoms with Crippen LogP contribution in [0.1, 0.15) is 207 Å². The number of hydrogen-bond acceptors (Lipinski definition) is 2. The predicted octanol–water partition coefficient (Wildman–Crippen LogP) is 12.0. The molecule has 0 spiro atoms. The van der Waals surface area contributed by atoms with Crippen molar-refractivity contribution in [3.8, 4) is 0 Å². The Labute approximate surface area is 236 Å². The summed E-state index contributed by atoms with van der Waals surface area (Å²) < 4.78 is 0. The van der Waals surface area contributed by atoms with Gasteiger partial charge in [-0.3, -0.25) is 4.90 Å². The van der Waals surface area contributed by atoms with Gasteiger partial charge in [0.2, 0.25) is 0 Å². The zero-order chi connectivity index (χ0) is 27.3. The third-order valence-corrected chi connectivity index (χ3v) is 8.34. The average Bonchev–Trinajstić information content (AvgIpc) is 2.87. The molecule has 0 saturated heterocycles. The highest BCUT2D eigenvalue weighted by Crippen LogP contribution is 2.17. The van der Waals surface area contributed by atoms with Crippen molar-refractivity contribution in [3.05, 3.63) is 0 Å². The van der Waals surface area contributed by atoms with Crippen LogP contribution in [0.5, 0.6) is 0 Å². The Hall–Kier alpha value is -0.0800. The summed E-state index contributed by atoms with van der Waals surface area (Å²) in [6, 6.07) is 0. The molecule has 0 heterocycles. The Morgan fingerprint density at radius 1 is 0.351 bits per heavy atom. The Balaban J connectivity index is 3.52. The molecule has 0 aromatic heterocycles. The molecular weight excluding hydrogens is 450 g/mol. The molecule has 0 unspecified atom stereocenters. The number of unbranched alkanes of at least 4 members (excludes halogenated alkanes) is 26. The first-order valence-electron chi connectivity index (χ1n) is 17.5. The fraction of sp³-hybridized carbons (Fsp3) is 1.00. The first-order chi connectivity index (χ1) is 18.0. The van der Waals surface area contributed by atoms with E-state index in [4.69, 9.17) is 0 Å². The third kappa shape index (κ3) is 28.7. The van der Waals surface area contributed by atoms with Gasteiger partial charge in [-0.1, -0.05) is 181 Å². The first kappa shape index (κ1) is 36.9. The van der Waals surface area contributed by atoms with Crippen molar-refractivity contribution < 1.29 is 5.11 Å². The van der Waals surface area contributed by atoms with E-state index in [1.54, 1.807) is 0 Å². The first-order valence-corrected chi connectivity index (χ1v) is 17.5. The van der Waals surface area contributed by atoms with E-state index in [2.05, 4.69) is 18.7 Å². The highest BCUT2D eigenvalue weighted by atomic mass is 16.3. The van der Waals surface area contributed by atoms with Gasteiger partial charge in [-0.05, 0) is 26.7 Å². The standard InChI is InChI=1S/C35H73NO/c1-5-7-9-11-13-15-17-19-21-23-25-27-29-31-33-36(35(3,4)37)34-32-30-28-26-24-22-20-18-16-14-12-10-8-6-2/h37H,5-34H2,1-4H3. The molecule has 1 N–H and O–H groups in total. The lowest BCUT2D eigenvalue weighted by molar-refractivity contribution is -0.0795. The summed E-state index contributed by atoms with van der Waals surface area (Å²) >= 11 is 0. The lowest BCUT2D eigenvalue weighted by Crippen LogP contribution is -2.44. The van der Waals surface area contributed by atoms with Crippen LogP contribution in [0.2, 0.25) is 0 Å². The summed E-state index contributed by atoms with van der Waals surface area (Å²) in [4.78, 5) is 2.33. The molecule has 0 saturated carbocycles. The third-order valence-electron chi connectivity index (χ3n) is 8.34. The molecule has 0 rings (SSSR count). The van der Waals surface area contributed by atoms with Crippen molar-refractivity contribution in [2.45, 2.75) is 213 Å². The van der Waals surface area contributed by atoms with Crippen molar-refractivity contribution in [2.24, 2.45) is 0 Å². The molecular formula is C35H73NO. The molecule has 0 aromatic rings. The van der Waals surface area contributed by atoms with Gasteiger partial charge < -0.3 is 5.11 Å². The van der Waals surface area contributed by atoms with Crippen LogP contribution < -0.4 is 0 Å². The van der Waals surface area contributed by atoms with E-state index >= 15 is 0 Å². The topological polar surface area (TPSA) is 23.5 Å². The Bertz CT molecular complexity index is 384. The molecule has 0 aliphatic heterocycles. The van der Waals surface area contributed by atoms with Crippen LogP contribution in [0.25, 0.3) is 0 Å². The maximum atomic E-state index is 10.6. The van der Waals surface area contributed by atoms with E-state index in [0.717, 1.165) is 13.1 Å². The average molecular weight is 524 g/mol. The Kier molecular flexibility index (Phi) is 28.9. The molecule has 37 heavy (non-hydrogen) atoms. The van der Waals surface area contributed by atoms with Crippen LogP contribution >= 0.6 is 0 Å². The highest BCUT2D eigenvalue weighted by molar-refractivity contribution is 4.70. The van der Waals surface area contributed by atoms with E-state index < -0.39 is 5.72 Å². The summed E-state index contributed by atoms with van der Waals surface area (Å²) in [6.07, 6.45) is 39.3. The number of hydrogen-bond donors (Lipinski definition) is 1. The summed E-state index contributed by atoms with van der Waals surface area (Å²) in [5.41, 5.74) is -0.674. The minimum Gasteiger partial charge on any atom is -0.376 e. The minimum atomic E-state index is -0.674. The Morgan fingerprint density at radius 3 is 0.730 bits per heavy atom. The fourth-order valence-electron chi connectivity index (χ4n) is 5.65. The van der Waals surface area contributed by atoms with Crippen LogP contribution in [-0.2, 0) is 0 Å². The molecule has 0 radical (unpaired) electrons. The maximum absolute atomic E-state index is 10.6. The van der Waals surface area contributed by atoms with Crippen molar-refractivity contribution in [2.75, 3.05) is 13.1 Å². The maximum Gasteiger partial charge on any atom is 0.112 e. The van der Waals surface area contributed by atoms with E-state index in [1.165, 1.54) is 180 Å². The smallest absolute Gasteiger partial charge is 0.112 e. The van der Waals surface area contributed by atoms with Gasteiger partial charge in [0.1, 0.15) is 5.72 Å². The second-order valence-electron chi connectivity index (χ2n) is 12.7. The van der Waals surface area contributed by atoms with Gasteiger partial charge in [0.05, 0.1) is 0 Å². The number of nitrogens with zero attached hydrogens (tertiary/aromatic N) is 1. The zero-order valence-electron chi connectivity index (χ0n) is 26.6. The van der Waals surface area contributed by atoms with Gasteiger partial charge in [0, 0.05) is 13.1 Å². The molecule has 2 nitrogen and oxygen atoms in total. The second-order valence-corrected chi connectivity index (χ2v) is 12.7. The molecule has 224 valence electrons. The highest BCUT2D eigenvalue weighted by Gasteiger charge is 2.22. The summed E-state index contributed by atoms with van der Waals surface area (Å²) in [6.45, 7) is 10.6. The minimum absolute atomic E-state index is 0.674. The van der Waals surface area contributed by atoms with Gasteiger partial charge in [-0.15, -0.1) is 0 Å². The predicted molar refractivity (Wildman–Crippen MR) is 168 cm³/mol. The quantitative estimate of drug-likeness (QED) is 0.0721. The zero-order valence-corrected chi connectivity index (χ0v) is 26.6. The van der Waals surface area contributed by atoms with Crippen molar-refractivity contribution in [3.63, 3.8) is 0 Å². The van der Waals surface area contributed by atoms with Gasteiger partial charge in [0.25, 0.3) is 0 Å². The van der Waals surface area contributed by atoms with Crippen LogP contribution in [0.15, 0.2) is 0 Å². The lowest BCUT2D eigenvalue weighted by Gasteiger charge is -2.34. The van der Waals surface area contributed by atoms with Gasteiger partial charge >= 0.3 is 0 Å². The van der Waals surface area contributed by atoms with Gasteiger partial charge in [-0.25, -0.2) is 0 Å². The van der Waals surface area contributed by atoms with Crippen LogP contribution in [0, 0.1) is 0 Å². The molecule has 2 heteroatoms. The number of rotatable bonds is 31. The van der Waals surface area contributed by atoms with Crippen molar-refractivity contribution in [1.29, 1.82) is 0 Å². The van der Waals surface area contributed by atoms with Gasteiger partial charge in [-0.2, -0.15) is 0 Å². The fourth-order valence-corrected chi connectivity index (χ4v) is 5.65. The summed E-state index contributed by atoms with van der Waals surface area (Å²) in [7, 11) is 0. The second kappa shape index (κ2) is 28.9. The summed E-state index contributed by atoms with van der Waals surface area (Å²) in [5, 5.41) is 10.6. The Morgan fingerprint density at radius 2 is 0.541 bits per heavy atom. The molecule has 0 amide bonds. The van der Waals surface area contributed by atoms with E-state index in [0.29, 0.717) is 0 Å². The van der Waals surface area contributed by atoms with Crippen molar-refractivity contribution in [1.82, 2.24) is 4.90 Å². The van der Waals surface area contributed by atoms with Crippen LogP contribution in [0.4, 0.5) is 0 Å². The van der Waals surface area contributed by atoms with E-state index in [-0.39, 0.29) is 0 Å². The molecule has 0 atom stereocenters. The molecule has 0 bridgehead atoms. The van der Waals surface area contributed by atoms with Gasteiger partial charge in [0.15, 0.2) is 0 Å². The summed E-state index contributed by atoms with van der Waals surface area (Å²) in [5.74, 6) is 0. The van der Waals surface area contributed by atoms with E-state index in [9.17, 15) is 5.11 Å². The van der Waals surface area contributed by atoms with Crippen LogP contribution in [-0.4, -0.2) is 28.8 Å². The monoisotopic (exact) mass is 524 g/mol. The van der Waals surface area contributed by atoms with E-state index in [1.807, 2.05) is 13.8 Å². The molecule has 0 aliphatic rings. The largest absolute Gasteiger partial charge is 0.376 e.